The van der Waals surface area contributed by atoms with Crippen LogP contribution in [0.15, 0.2) is 18.2 Å². The minimum Gasteiger partial charge on any atom is -0.272 e. The van der Waals surface area contributed by atoms with Gasteiger partial charge in [-0.1, -0.05) is 29.3 Å². The zero-order valence-electron chi connectivity index (χ0n) is 12.5. The van der Waals surface area contributed by atoms with E-state index < -0.39 is 0 Å². The third-order valence-electron chi connectivity index (χ3n) is 3.81. The molecule has 1 heterocycles. The zero-order valence-corrected chi connectivity index (χ0v) is 14.0. The van der Waals surface area contributed by atoms with Crippen LogP contribution in [-0.4, -0.2) is 15.8 Å². The fourth-order valence-electron chi connectivity index (χ4n) is 2.50. The average Bonchev–Trinajstić information content (AvgIpc) is 2.68. The van der Waals surface area contributed by atoms with Gasteiger partial charge in [-0.2, -0.15) is 5.10 Å². The van der Waals surface area contributed by atoms with Crippen LogP contribution in [0.1, 0.15) is 22.5 Å². The number of nitrogens with one attached hydrogen (secondary N) is 1. The summed E-state index contributed by atoms with van der Waals surface area (Å²) in [4.78, 5) is 0. The number of aromatic nitrogens is 2. The molecular weight excluding hydrogens is 307 g/mol. The topological polar surface area (TPSA) is 55.9 Å². The first-order valence-corrected chi connectivity index (χ1v) is 7.57. The molecule has 0 amide bonds. The third kappa shape index (κ3) is 3.77. The molecule has 0 radical (unpaired) electrons. The zero-order chi connectivity index (χ0) is 15.6. The van der Waals surface area contributed by atoms with Gasteiger partial charge in [0.2, 0.25) is 0 Å². The molecule has 1 aromatic heterocycles. The van der Waals surface area contributed by atoms with Crippen molar-refractivity contribution in [2.75, 3.05) is 0 Å². The van der Waals surface area contributed by atoms with Crippen LogP contribution in [0.2, 0.25) is 10.0 Å². The number of nitrogens with two attached hydrogens (primary N) is 1. The van der Waals surface area contributed by atoms with Crippen molar-refractivity contribution in [2.45, 2.75) is 32.7 Å². The molecule has 21 heavy (non-hydrogen) atoms. The number of hydrogen-bond acceptors (Lipinski definition) is 3. The average molecular weight is 327 g/mol. The summed E-state index contributed by atoms with van der Waals surface area (Å²) < 4.78 is 1.90. The van der Waals surface area contributed by atoms with Crippen molar-refractivity contribution >= 4 is 23.2 Å². The molecule has 2 rings (SSSR count). The molecule has 0 aliphatic heterocycles. The summed E-state index contributed by atoms with van der Waals surface area (Å²) in [6.07, 6.45) is 1.60. The number of hydrazine groups is 1. The van der Waals surface area contributed by atoms with E-state index >= 15 is 0 Å². The second kappa shape index (κ2) is 6.79. The van der Waals surface area contributed by atoms with Gasteiger partial charge < -0.3 is 0 Å². The first kappa shape index (κ1) is 16.3. The van der Waals surface area contributed by atoms with Gasteiger partial charge in [-0.25, -0.2) is 0 Å². The molecule has 0 saturated carbocycles. The van der Waals surface area contributed by atoms with Gasteiger partial charge in [0.05, 0.1) is 15.7 Å². The van der Waals surface area contributed by atoms with Gasteiger partial charge >= 0.3 is 0 Å². The van der Waals surface area contributed by atoms with Gasteiger partial charge in [0, 0.05) is 18.8 Å². The Morgan fingerprint density at radius 2 is 1.95 bits per heavy atom. The van der Waals surface area contributed by atoms with Crippen molar-refractivity contribution in [3.05, 3.63) is 50.8 Å². The molecule has 3 N–H and O–H groups in total. The van der Waals surface area contributed by atoms with Crippen molar-refractivity contribution in [1.29, 1.82) is 0 Å². The maximum Gasteiger partial charge on any atom is 0.0628 e. The van der Waals surface area contributed by atoms with Crippen LogP contribution in [0.5, 0.6) is 0 Å². The van der Waals surface area contributed by atoms with E-state index in [9.17, 15) is 0 Å². The van der Waals surface area contributed by atoms with Crippen molar-refractivity contribution in [2.24, 2.45) is 12.9 Å². The van der Waals surface area contributed by atoms with Crippen LogP contribution in [0.25, 0.3) is 0 Å². The van der Waals surface area contributed by atoms with E-state index in [1.54, 1.807) is 0 Å². The number of halogens is 2. The molecule has 114 valence electrons. The van der Waals surface area contributed by atoms with E-state index in [1.807, 2.05) is 36.9 Å². The Hall–Kier alpha value is -1.07. The molecule has 0 fully saturated rings. The number of hydrogen-bond donors (Lipinski definition) is 2. The summed E-state index contributed by atoms with van der Waals surface area (Å²) in [5.41, 5.74) is 7.44. The van der Waals surface area contributed by atoms with Gasteiger partial charge in [-0.15, -0.1) is 0 Å². The highest BCUT2D eigenvalue weighted by Gasteiger charge is 2.16. The van der Waals surface area contributed by atoms with E-state index in [0.717, 1.165) is 24.1 Å². The Balaban J connectivity index is 2.14. The molecule has 2 aromatic rings. The molecule has 0 aliphatic rings. The fourth-order valence-corrected chi connectivity index (χ4v) is 2.82. The second-order valence-corrected chi connectivity index (χ2v) is 6.11. The van der Waals surface area contributed by atoms with Crippen LogP contribution in [0.3, 0.4) is 0 Å². The van der Waals surface area contributed by atoms with Gasteiger partial charge in [0.15, 0.2) is 0 Å². The van der Waals surface area contributed by atoms with Gasteiger partial charge in [0.1, 0.15) is 0 Å². The van der Waals surface area contributed by atoms with E-state index in [1.165, 1.54) is 11.3 Å². The van der Waals surface area contributed by atoms with Crippen molar-refractivity contribution < 1.29 is 0 Å². The molecule has 0 bridgehead atoms. The maximum absolute atomic E-state index is 6.06. The third-order valence-corrected chi connectivity index (χ3v) is 4.55. The summed E-state index contributed by atoms with van der Waals surface area (Å²) in [7, 11) is 1.95. The second-order valence-electron chi connectivity index (χ2n) is 5.29. The molecule has 4 nitrogen and oxygen atoms in total. The summed E-state index contributed by atoms with van der Waals surface area (Å²) in [6.45, 7) is 4.09. The van der Waals surface area contributed by atoms with Crippen LogP contribution in [0, 0.1) is 13.8 Å². The van der Waals surface area contributed by atoms with E-state index in [2.05, 4.69) is 17.4 Å². The fraction of sp³-hybridized carbons (Fsp3) is 0.400. The lowest BCUT2D eigenvalue weighted by Crippen LogP contribution is -2.38. The Morgan fingerprint density at radius 1 is 1.24 bits per heavy atom. The Labute approximate surface area is 135 Å². The molecule has 0 aliphatic carbocycles. The summed E-state index contributed by atoms with van der Waals surface area (Å²) >= 11 is 12.0. The molecule has 0 saturated heterocycles. The number of aryl methyl sites for hydroxylation is 2. The van der Waals surface area contributed by atoms with Crippen molar-refractivity contribution in [1.82, 2.24) is 15.2 Å². The van der Waals surface area contributed by atoms with E-state index in [-0.39, 0.29) is 6.04 Å². The lowest BCUT2D eigenvalue weighted by atomic mass is 9.98. The quantitative estimate of drug-likeness (QED) is 0.656. The number of benzene rings is 1. The summed E-state index contributed by atoms with van der Waals surface area (Å²) in [5.74, 6) is 5.71. The van der Waals surface area contributed by atoms with Crippen LogP contribution in [0.4, 0.5) is 0 Å². The van der Waals surface area contributed by atoms with E-state index in [0.29, 0.717) is 10.0 Å². The first-order valence-electron chi connectivity index (χ1n) is 6.81. The number of rotatable bonds is 5. The Kier molecular flexibility index (Phi) is 5.27. The smallest absolute Gasteiger partial charge is 0.0628 e. The predicted molar refractivity (Wildman–Crippen MR) is 87.7 cm³/mol. The maximum atomic E-state index is 6.06. The first-order chi connectivity index (χ1) is 9.92. The lowest BCUT2D eigenvalue weighted by Gasteiger charge is -2.16. The molecule has 6 heteroatoms. The highest BCUT2D eigenvalue weighted by atomic mass is 35.5. The van der Waals surface area contributed by atoms with Crippen molar-refractivity contribution in [3.63, 3.8) is 0 Å². The molecule has 1 aromatic carbocycles. The summed E-state index contributed by atoms with van der Waals surface area (Å²) in [5, 5.41) is 5.57. The predicted octanol–water partition coefficient (Wildman–Crippen LogP) is 2.96. The Bertz CT molecular complexity index is 637. The van der Waals surface area contributed by atoms with Gasteiger partial charge in [-0.3, -0.25) is 16.0 Å². The standard InChI is InChI=1S/C15H20Cl2N4/c1-9-13(10(2)21(3)20-9)8-12(19-18)6-11-4-5-14(16)15(17)7-11/h4-5,7,12,19H,6,8,18H2,1-3H3. The normalized spacial score (nSPS) is 12.7. The van der Waals surface area contributed by atoms with Gasteiger partial charge in [0.25, 0.3) is 0 Å². The van der Waals surface area contributed by atoms with Crippen LogP contribution in [-0.2, 0) is 19.9 Å². The molecule has 1 atom stereocenters. The highest BCUT2D eigenvalue weighted by Crippen LogP contribution is 2.24. The van der Waals surface area contributed by atoms with Gasteiger partial charge in [-0.05, 0) is 49.9 Å². The largest absolute Gasteiger partial charge is 0.272 e. The SMILES string of the molecule is Cc1nn(C)c(C)c1CC(Cc1ccc(Cl)c(Cl)c1)NN. The lowest BCUT2D eigenvalue weighted by molar-refractivity contribution is 0.520. The Morgan fingerprint density at radius 3 is 2.48 bits per heavy atom. The van der Waals surface area contributed by atoms with Crippen LogP contribution < -0.4 is 11.3 Å². The monoisotopic (exact) mass is 326 g/mol. The molecule has 1 unspecified atom stereocenters. The summed E-state index contributed by atoms with van der Waals surface area (Å²) in [6, 6.07) is 5.79. The minimum absolute atomic E-state index is 0.115. The molecular formula is C15H20Cl2N4. The van der Waals surface area contributed by atoms with Crippen molar-refractivity contribution in [3.8, 4) is 0 Å². The minimum atomic E-state index is 0.115. The van der Waals surface area contributed by atoms with E-state index in [4.69, 9.17) is 29.0 Å². The number of nitrogens with zero attached hydrogens (tertiary/aromatic N) is 2. The van der Waals surface area contributed by atoms with Crippen LogP contribution >= 0.6 is 23.2 Å². The highest BCUT2D eigenvalue weighted by molar-refractivity contribution is 6.42. The molecule has 0 spiro atoms.